The van der Waals surface area contributed by atoms with E-state index in [2.05, 4.69) is 35.7 Å². The molecular weight excluding hydrogens is 352 g/mol. The maximum absolute atomic E-state index is 13.1. The van der Waals surface area contributed by atoms with Crippen LogP contribution in [0, 0.1) is 16.7 Å². The normalized spacial score (nSPS) is 28.0. The highest BCUT2D eigenvalue weighted by molar-refractivity contribution is 5.78. The zero-order valence-electron chi connectivity index (χ0n) is 17.5. The number of hydrogen-bond acceptors (Lipinski definition) is 4. The number of carbonyl (C=O) groups excluding carboxylic acids is 1. The number of nitrogens with one attached hydrogen (secondary N) is 1. The molecule has 1 aromatic rings. The molecule has 0 radical (unpaired) electrons. The highest BCUT2D eigenvalue weighted by Gasteiger charge is 2.54. The molecule has 6 heteroatoms. The van der Waals surface area contributed by atoms with Crippen molar-refractivity contribution in [3.8, 4) is 6.07 Å². The molecule has 6 nitrogen and oxygen atoms in total. The van der Waals surface area contributed by atoms with Crippen LogP contribution in [0.4, 0.5) is 4.79 Å². The van der Waals surface area contributed by atoms with Crippen LogP contribution in [0.1, 0.15) is 45.1 Å². The third kappa shape index (κ3) is 3.61. The van der Waals surface area contributed by atoms with E-state index in [0.717, 1.165) is 25.7 Å². The molecule has 1 aromatic carbocycles. The SMILES string of the molecule is CNC1(c2ccccc2)CCC2(CC1)CN(CC(C)(C)C#N)C(=O)N2COC. The molecule has 1 saturated heterocycles. The molecule has 1 N–H and O–H groups in total. The number of carbonyl (C=O) groups is 1. The van der Waals surface area contributed by atoms with Crippen molar-refractivity contribution >= 4 is 6.03 Å². The average Bonchev–Trinajstić information content (AvgIpc) is 2.95. The van der Waals surface area contributed by atoms with E-state index in [9.17, 15) is 10.1 Å². The van der Waals surface area contributed by atoms with E-state index in [4.69, 9.17) is 4.74 Å². The summed E-state index contributed by atoms with van der Waals surface area (Å²) in [5, 5.41) is 13.0. The molecule has 0 bridgehead atoms. The average molecular weight is 385 g/mol. The van der Waals surface area contributed by atoms with Gasteiger partial charge in [-0.3, -0.25) is 4.90 Å². The fourth-order valence-electron chi connectivity index (χ4n) is 4.85. The molecule has 152 valence electrons. The Kier molecular flexibility index (Phi) is 5.69. The Morgan fingerprint density at radius 1 is 1.21 bits per heavy atom. The number of nitriles is 1. The zero-order valence-corrected chi connectivity index (χ0v) is 17.5. The minimum Gasteiger partial charge on any atom is -0.364 e. The largest absolute Gasteiger partial charge is 0.364 e. The van der Waals surface area contributed by atoms with Gasteiger partial charge in [0.2, 0.25) is 0 Å². The van der Waals surface area contributed by atoms with Gasteiger partial charge in [0.15, 0.2) is 0 Å². The number of rotatable bonds is 6. The van der Waals surface area contributed by atoms with Crippen molar-refractivity contribution < 1.29 is 9.53 Å². The molecule has 28 heavy (non-hydrogen) atoms. The molecule has 1 heterocycles. The topological polar surface area (TPSA) is 68.6 Å². The Morgan fingerprint density at radius 3 is 2.39 bits per heavy atom. The second-order valence-electron chi connectivity index (χ2n) is 8.90. The summed E-state index contributed by atoms with van der Waals surface area (Å²) in [5.41, 5.74) is 0.451. The molecule has 2 aliphatic rings. The van der Waals surface area contributed by atoms with Crippen LogP contribution in [0.2, 0.25) is 0 Å². The summed E-state index contributed by atoms with van der Waals surface area (Å²) < 4.78 is 5.39. The lowest BCUT2D eigenvalue weighted by molar-refractivity contribution is 0.00563. The Morgan fingerprint density at radius 2 is 1.86 bits per heavy atom. The first-order valence-corrected chi connectivity index (χ1v) is 10.0. The first kappa shape index (κ1) is 20.6. The van der Waals surface area contributed by atoms with Gasteiger partial charge >= 0.3 is 6.03 Å². The van der Waals surface area contributed by atoms with Crippen LogP contribution in [-0.2, 0) is 10.3 Å². The smallest absolute Gasteiger partial charge is 0.322 e. The van der Waals surface area contributed by atoms with Crippen molar-refractivity contribution in [3.05, 3.63) is 35.9 Å². The van der Waals surface area contributed by atoms with Crippen LogP contribution >= 0.6 is 0 Å². The van der Waals surface area contributed by atoms with E-state index in [-0.39, 0.29) is 17.1 Å². The molecule has 1 aliphatic heterocycles. The molecule has 1 aliphatic carbocycles. The van der Waals surface area contributed by atoms with Crippen LogP contribution in [0.25, 0.3) is 0 Å². The molecule has 1 spiro atoms. The van der Waals surface area contributed by atoms with Gasteiger partial charge in [0.25, 0.3) is 0 Å². The summed E-state index contributed by atoms with van der Waals surface area (Å²) in [6, 6.07) is 12.9. The van der Waals surface area contributed by atoms with Gasteiger partial charge in [0.1, 0.15) is 6.73 Å². The second kappa shape index (κ2) is 7.73. The summed E-state index contributed by atoms with van der Waals surface area (Å²) in [6.07, 6.45) is 3.72. The monoisotopic (exact) mass is 384 g/mol. The van der Waals surface area contributed by atoms with E-state index in [1.165, 1.54) is 5.56 Å². The minimum absolute atomic E-state index is 0.0122. The Labute approximate surface area is 168 Å². The van der Waals surface area contributed by atoms with Crippen LogP contribution < -0.4 is 5.32 Å². The molecular formula is C22H32N4O2. The summed E-state index contributed by atoms with van der Waals surface area (Å²) >= 11 is 0. The maximum Gasteiger partial charge on any atom is 0.322 e. The van der Waals surface area contributed by atoms with Gasteiger partial charge in [-0.05, 0) is 52.1 Å². The Hall–Kier alpha value is -2.10. The molecule has 1 saturated carbocycles. The fraction of sp³-hybridized carbons (Fsp3) is 0.636. The van der Waals surface area contributed by atoms with Crippen molar-refractivity contribution in [2.45, 2.75) is 50.6 Å². The number of methoxy groups -OCH3 is 1. The van der Waals surface area contributed by atoms with Crippen molar-refractivity contribution in [1.29, 1.82) is 5.26 Å². The van der Waals surface area contributed by atoms with Gasteiger partial charge in [-0.2, -0.15) is 5.26 Å². The minimum atomic E-state index is -0.562. The van der Waals surface area contributed by atoms with E-state index < -0.39 is 5.41 Å². The number of urea groups is 1. The third-order valence-electron chi connectivity index (χ3n) is 6.55. The number of ether oxygens (including phenoxy) is 1. The molecule has 0 unspecified atom stereocenters. The van der Waals surface area contributed by atoms with Gasteiger partial charge in [-0.25, -0.2) is 4.79 Å². The first-order valence-electron chi connectivity index (χ1n) is 10.0. The van der Waals surface area contributed by atoms with Gasteiger partial charge in [-0.1, -0.05) is 30.3 Å². The van der Waals surface area contributed by atoms with Crippen LogP contribution in [0.15, 0.2) is 30.3 Å². The second-order valence-corrected chi connectivity index (χ2v) is 8.90. The lowest BCUT2D eigenvalue weighted by Gasteiger charge is -2.48. The summed E-state index contributed by atoms with van der Waals surface area (Å²) in [6.45, 7) is 5.16. The lowest BCUT2D eigenvalue weighted by Crippen LogP contribution is -2.55. The highest BCUT2D eigenvalue weighted by atomic mass is 16.5. The maximum atomic E-state index is 13.1. The quantitative estimate of drug-likeness (QED) is 0.817. The van der Waals surface area contributed by atoms with Crippen molar-refractivity contribution in [1.82, 2.24) is 15.1 Å². The summed E-state index contributed by atoms with van der Waals surface area (Å²) in [7, 11) is 3.66. The van der Waals surface area contributed by atoms with Crippen molar-refractivity contribution in [3.63, 3.8) is 0 Å². The van der Waals surface area contributed by atoms with Gasteiger partial charge < -0.3 is 15.0 Å². The van der Waals surface area contributed by atoms with Gasteiger partial charge in [0, 0.05) is 25.7 Å². The van der Waals surface area contributed by atoms with E-state index in [1.54, 1.807) is 7.11 Å². The van der Waals surface area contributed by atoms with E-state index >= 15 is 0 Å². The van der Waals surface area contributed by atoms with E-state index in [0.29, 0.717) is 19.8 Å². The highest BCUT2D eigenvalue weighted by Crippen LogP contribution is 2.46. The third-order valence-corrected chi connectivity index (χ3v) is 6.55. The van der Waals surface area contributed by atoms with Crippen LogP contribution in [0.5, 0.6) is 0 Å². The summed E-state index contributed by atoms with van der Waals surface area (Å²) in [4.78, 5) is 16.8. The first-order chi connectivity index (χ1) is 13.3. The van der Waals surface area contributed by atoms with Gasteiger partial charge in [-0.15, -0.1) is 0 Å². The number of hydrogen-bond donors (Lipinski definition) is 1. The van der Waals surface area contributed by atoms with Crippen LogP contribution in [0.3, 0.4) is 0 Å². The molecule has 0 aromatic heterocycles. The number of benzene rings is 1. The Bertz CT molecular complexity index is 733. The van der Waals surface area contributed by atoms with Crippen LogP contribution in [-0.4, -0.2) is 55.3 Å². The Balaban J connectivity index is 1.83. The zero-order chi connectivity index (χ0) is 20.4. The number of nitrogens with zero attached hydrogens (tertiary/aromatic N) is 3. The predicted octanol–water partition coefficient (Wildman–Crippen LogP) is 3.31. The molecule has 2 amide bonds. The fourth-order valence-corrected chi connectivity index (χ4v) is 4.85. The lowest BCUT2D eigenvalue weighted by atomic mass is 9.69. The molecule has 0 atom stereocenters. The van der Waals surface area contributed by atoms with Gasteiger partial charge in [0.05, 0.1) is 17.0 Å². The number of amides is 2. The standard InChI is InChI=1S/C22H32N4O2/c1-20(2,14-23)15-25-16-21(26(17-28-4)19(25)27)10-12-22(24-3,13-11-21)18-8-6-5-7-9-18/h5-9,24H,10-13,15-17H2,1-4H3. The van der Waals surface area contributed by atoms with Crippen molar-refractivity contribution in [2.24, 2.45) is 5.41 Å². The molecule has 3 rings (SSSR count). The summed E-state index contributed by atoms with van der Waals surface area (Å²) in [5.74, 6) is 0. The van der Waals surface area contributed by atoms with E-state index in [1.807, 2.05) is 36.8 Å². The molecule has 2 fully saturated rings. The predicted molar refractivity (Wildman–Crippen MR) is 108 cm³/mol. The van der Waals surface area contributed by atoms with Crippen molar-refractivity contribution in [2.75, 3.05) is 34.0 Å².